The van der Waals surface area contributed by atoms with Gasteiger partial charge in [-0.3, -0.25) is 4.79 Å². The molecular formula is C4H8O2Rh2. The molecule has 0 aromatic rings. The van der Waals surface area contributed by atoms with Crippen LogP contribution in [0.15, 0.2) is 0 Å². The third kappa shape index (κ3) is 15.9. The van der Waals surface area contributed by atoms with Crippen molar-refractivity contribution in [3.8, 4) is 0 Å². The molecule has 0 saturated carbocycles. The second kappa shape index (κ2) is 10.7. The fourth-order valence-corrected chi connectivity index (χ4v) is 0.214. The predicted octanol–water partition coefficient (Wildman–Crippen LogP) is 0.866. The second-order valence-corrected chi connectivity index (χ2v) is 1.14. The van der Waals surface area contributed by atoms with Crippen LogP contribution in [0.5, 0.6) is 0 Å². The molecule has 0 aromatic heterocycles. The molecule has 8 heavy (non-hydrogen) atoms. The number of carbonyl (C=O) groups is 1. The molecule has 0 fully saturated rings. The molecule has 0 aliphatic carbocycles. The standard InChI is InChI=1S/C4H8O2.2Rh/c1-2-3-4(5)6;;/h2-3H2,1H3,(H,5,6);;. The van der Waals surface area contributed by atoms with E-state index in [0.717, 1.165) is 6.42 Å². The van der Waals surface area contributed by atoms with Crippen LogP contribution in [0.3, 0.4) is 0 Å². The normalized spacial score (nSPS) is 6.12. The van der Waals surface area contributed by atoms with Crippen molar-refractivity contribution in [2.24, 2.45) is 0 Å². The number of rotatable bonds is 2. The van der Waals surface area contributed by atoms with Crippen molar-refractivity contribution in [3.05, 3.63) is 0 Å². The molecule has 0 bridgehead atoms. The topological polar surface area (TPSA) is 37.3 Å². The third-order valence-electron chi connectivity index (χ3n) is 0.464. The van der Waals surface area contributed by atoms with Crippen LogP contribution in [0, 0.1) is 0 Å². The van der Waals surface area contributed by atoms with Gasteiger partial charge in [-0.15, -0.1) is 0 Å². The summed E-state index contributed by atoms with van der Waals surface area (Å²) >= 11 is 0. The molecule has 0 amide bonds. The Bertz CT molecular complexity index is 56.0. The van der Waals surface area contributed by atoms with E-state index in [1.165, 1.54) is 0 Å². The Kier molecular flexibility index (Phi) is 21.1. The first kappa shape index (κ1) is 15.9. The monoisotopic (exact) mass is 294 g/mol. The molecule has 0 aliphatic heterocycles. The van der Waals surface area contributed by atoms with Gasteiger partial charge in [0, 0.05) is 45.4 Å². The summed E-state index contributed by atoms with van der Waals surface area (Å²) in [5, 5.41) is 7.91. The van der Waals surface area contributed by atoms with Gasteiger partial charge in [0.05, 0.1) is 0 Å². The summed E-state index contributed by atoms with van der Waals surface area (Å²) in [4.78, 5) is 9.60. The van der Waals surface area contributed by atoms with Gasteiger partial charge in [0.1, 0.15) is 0 Å². The molecule has 0 aromatic carbocycles. The van der Waals surface area contributed by atoms with E-state index in [2.05, 4.69) is 0 Å². The molecule has 0 heterocycles. The number of hydrogen-bond donors (Lipinski definition) is 1. The van der Waals surface area contributed by atoms with Crippen LogP contribution in [-0.2, 0) is 43.8 Å². The van der Waals surface area contributed by atoms with E-state index in [0.29, 0.717) is 6.42 Å². The largest absolute Gasteiger partial charge is 0.481 e. The fraction of sp³-hybridized carbons (Fsp3) is 0.750. The zero-order chi connectivity index (χ0) is 4.99. The van der Waals surface area contributed by atoms with Crippen molar-refractivity contribution >= 4 is 5.97 Å². The van der Waals surface area contributed by atoms with Crippen LogP contribution in [0.1, 0.15) is 19.8 Å². The summed E-state index contributed by atoms with van der Waals surface area (Å²) in [5.41, 5.74) is 0. The quantitative estimate of drug-likeness (QED) is 0.767. The zero-order valence-electron chi connectivity index (χ0n) is 4.44. The van der Waals surface area contributed by atoms with E-state index in [1.807, 2.05) is 6.92 Å². The van der Waals surface area contributed by atoms with Crippen molar-refractivity contribution in [1.29, 1.82) is 0 Å². The molecular weight excluding hydrogens is 286 g/mol. The second-order valence-electron chi connectivity index (χ2n) is 1.14. The molecule has 0 rings (SSSR count). The van der Waals surface area contributed by atoms with E-state index in [4.69, 9.17) is 5.11 Å². The molecule has 54 valence electrons. The molecule has 0 aliphatic rings. The number of aliphatic carboxylic acids is 1. The Morgan fingerprint density at radius 3 is 1.88 bits per heavy atom. The van der Waals surface area contributed by atoms with Gasteiger partial charge < -0.3 is 5.11 Å². The summed E-state index contributed by atoms with van der Waals surface area (Å²) in [6.45, 7) is 1.84. The van der Waals surface area contributed by atoms with Gasteiger partial charge in [0.15, 0.2) is 0 Å². The van der Waals surface area contributed by atoms with E-state index >= 15 is 0 Å². The number of hydrogen-bond acceptors (Lipinski definition) is 1. The Morgan fingerprint density at radius 1 is 1.50 bits per heavy atom. The molecule has 4 heteroatoms. The minimum Gasteiger partial charge on any atom is -0.481 e. The van der Waals surface area contributed by atoms with Crippen LogP contribution < -0.4 is 0 Å². The average molecular weight is 294 g/mol. The third-order valence-corrected chi connectivity index (χ3v) is 0.464. The van der Waals surface area contributed by atoms with Gasteiger partial charge in [-0.05, 0) is 6.42 Å². The maximum atomic E-state index is 9.60. The van der Waals surface area contributed by atoms with E-state index < -0.39 is 5.97 Å². The van der Waals surface area contributed by atoms with Gasteiger partial charge in [-0.1, -0.05) is 6.92 Å². The summed E-state index contributed by atoms with van der Waals surface area (Å²) < 4.78 is 0. The average Bonchev–Trinajstić information content (AvgIpc) is 1.35. The Balaban J connectivity index is -0.000000125. The first-order valence-corrected chi connectivity index (χ1v) is 1.99. The molecule has 0 atom stereocenters. The van der Waals surface area contributed by atoms with Crippen molar-refractivity contribution in [2.75, 3.05) is 0 Å². The molecule has 0 unspecified atom stereocenters. The van der Waals surface area contributed by atoms with Crippen molar-refractivity contribution in [3.63, 3.8) is 0 Å². The Hall–Kier alpha value is 0.717. The van der Waals surface area contributed by atoms with Crippen LogP contribution >= 0.6 is 0 Å². The molecule has 0 spiro atoms. The predicted molar refractivity (Wildman–Crippen MR) is 22.5 cm³/mol. The van der Waals surface area contributed by atoms with Crippen LogP contribution in [0.4, 0.5) is 0 Å². The van der Waals surface area contributed by atoms with Crippen molar-refractivity contribution in [2.45, 2.75) is 19.8 Å². The maximum absolute atomic E-state index is 9.60. The van der Waals surface area contributed by atoms with Gasteiger partial charge in [0.2, 0.25) is 0 Å². The van der Waals surface area contributed by atoms with Crippen LogP contribution in [0.25, 0.3) is 0 Å². The summed E-state index contributed by atoms with van der Waals surface area (Å²) in [5.74, 6) is -0.711. The Labute approximate surface area is 74.6 Å². The van der Waals surface area contributed by atoms with Crippen molar-refractivity contribution < 1.29 is 48.9 Å². The summed E-state index contributed by atoms with van der Waals surface area (Å²) in [6, 6.07) is 0. The number of carboxylic acids is 1. The summed E-state index contributed by atoms with van der Waals surface area (Å²) in [6.07, 6.45) is 1.02. The number of carboxylic acid groups (broad SMARTS) is 1. The van der Waals surface area contributed by atoms with Gasteiger partial charge in [-0.25, -0.2) is 0 Å². The van der Waals surface area contributed by atoms with Crippen molar-refractivity contribution in [1.82, 2.24) is 0 Å². The van der Waals surface area contributed by atoms with E-state index in [-0.39, 0.29) is 39.0 Å². The first-order chi connectivity index (χ1) is 2.77. The van der Waals surface area contributed by atoms with E-state index in [9.17, 15) is 4.79 Å². The molecule has 2 radical (unpaired) electrons. The van der Waals surface area contributed by atoms with Crippen LogP contribution in [0.2, 0.25) is 0 Å². The fourth-order valence-electron chi connectivity index (χ4n) is 0.214. The van der Waals surface area contributed by atoms with Crippen LogP contribution in [-0.4, -0.2) is 11.1 Å². The maximum Gasteiger partial charge on any atom is 0.303 e. The first-order valence-electron chi connectivity index (χ1n) is 1.99. The summed E-state index contributed by atoms with van der Waals surface area (Å²) in [7, 11) is 0. The SMILES string of the molecule is CCCC(=O)O.[Rh].[Rh]. The Morgan fingerprint density at radius 2 is 1.88 bits per heavy atom. The smallest absolute Gasteiger partial charge is 0.303 e. The zero-order valence-corrected chi connectivity index (χ0v) is 7.71. The van der Waals surface area contributed by atoms with Gasteiger partial charge in [-0.2, -0.15) is 0 Å². The van der Waals surface area contributed by atoms with Gasteiger partial charge in [0.25, 0.3) is 0 Å². The van der Waals surface area contributed by atoms with Gasteiger partial charge >= 0.3 is 5.97 Å². The minimum atomic E-state index is -0.711. The minimum absolute atomic E-state index is 0. The molecule has 2 nitrogen and oxygen atoms in total. The molecule has 0 saturated heterocycles. The van der Waals surface area contributed by atoms with E-state index in [1.54, 1.807) is 0 Å². The molecule has 1 N–H and O–H groups in total.